The van der Waals surface area contributed by atoms with E-state index in [2.05, 4.69) is 20.3 Å². The van der Waals surface area contributed by atoms with Gasteiger partial charge in [-0.15, -0.1) is 0 Å². The Morgan fingerprint density at radius 1 is 1.43 bits per heavy atom. The highest BCUT2D eigenvalue weighted by Gasteiger charge is 2.45. The molecule has 0 spiro atoms. The molecule has 8 nitrogen and oxygen atoms in total. The third-order valence-corrected chi connectivity index (χ3v) is 6.09. The number of alkyl halides is 1. The molecular formula is C17H24FN5O3S2. The predicted octanol–water partition coefficient (Wildman–Crippen LogP) is 2.21. The number of aliphatic hydroxyl groups excluding tert-OH is 2. The molecule has 0 bridgehead atoms. The number of nitrogens with zero attached hydrogens (tertiary/aromatic N) is 4. The largest absolute Gasteiger partial charge is 0.394 e. The van der Waals surface area contributed by atoms with Crippen LogP contribution in [0.3, 0.4) is 0 Å². The number of allylic oxidation sites excluding steroid dienone is 1. The summed E-state index contributed by atoms with van der Waals surface area (Å²) >= 11 is 3.12. The molecule has 3 rings (SSSR count). The molecule has 0 saturated carbocycles. The average Bonchev–Trinajstić information content (AvgIpc) is 3.21. The SMILES string of the molecule is CSCSc1nc(NCC=C(C)C)c2ncn([C@@H]3O[C@H](CO)C(O)[C@@H]3F)c2n1. The van der Waals surface area contributed by atoms with Gasteiger partial charge in [-0.05, 0) is 20.1 Å². The molecule has 3 heterocycles. The number of aliphatic hydroxyl groups is 2. The quantitative estimate of drug-likeness (QED) is 0.252. The van der Waals surface area contributed by atoms with Crippen LogP contribution in [0.15, 0.2) is 23.1 Å². The van der Waals surface area contributed by atoms with Crippen LogP contribution in [-0.4, -0.2) is 72.6 Å². The van der Waals surface area contributed by atoms with E-state index in [0.717, 1.165) is 5.08 Å². The third kappa shape index (κ3) is 4.43. The Labute approximate surface area is 171 Å². The number of hydrogen-bond acceptors (Lipinski definition) is 9. The molecule has 1 unspecified atom stereocenters. The van der Waals surface area contributed by atoms with E-state index in [-0.39, 0.29) is 0 Å². The minimum absolute atomic E-state index is 0.414. The van der Waals surface area contributed by atoms with Crippen molar-refractivity contribution in [1.82, 2.24) is 19.5 Å². The number of fused-ring (bicyclic) bond motifs is 1. The van der Waals surface area contributed by atoms with Crippen molar-refractivity contribution in [3.8, 4) is 0 Å². The van der Waals surface area contributed by atoms with Crippen LogP contribution in [0.2, 0.25) is 0 Å². The highest BCUT2D eigenvalue weighted by atomic mass is 32.2. The van der Waals surface area contributed by atoms with Crippen LogP contribution < -0.4 is 5.32 Å². The maximum absolute atomic E-state index is 14.6. The number of imidazole rings is 1. The van der Waals surface area contributed by atoms with Crippen molar-refractivity contribution in [1.29, 1.82) is 0 Å². The molecule has 28 heavy (non-hydrogen) atoms. The van der Waals surface area contributed by atoms with Gasteiger partial charge in [0.25, 0.3) is 0 Å². The molecule has 3 N–H and O–H groups in total. The van der Waals surface area contributed by atoms with Crippen LogP contribution in [-0.2, 0) is 4.74 Å². The Bertz CT molecular complexity index is 846. The number of rotatable bonds is 8. The summed E-state index contributed by atoms with van der Waals surface area (Å²) in [6, 6.07) is 0. The summed E-state index contributed by atoms with van der Waals surface area (Å²) in [6.45, 7) is 4.12. The first-order chi connectivity index (χ1) is 13.5. The smallest absolute Gasteiger partial charge is 0.192 e. The van der Waals surface area contributed by atoms with Gasteiger partial charge in [-0.3, -0.25) is 4.57 Å². The normalized spacial score (nSPS) is 24.6. The second-order valence-corrected chi connectivity index (χ2v) is 8.75. The van der Waals surface area contributed by atoms with E-state index in [1.54, 1.807) is 11.8 Å². The lowest BCUT2D eigenvalue weighted by atomic mass is 10.1. The zero-order chi connectivity index (χ0) is 20.3. The molecule has 4 atom stereocenters. The van der Waals surface area contributed by atoms with Crippen molar-refractivity contribution in [3.05, 3.63) is 18.0 Å². The first-order valence-electron chi connectivity index (χ1n) is 8.78. The Hall–Kier alpha value is -1.40. The summed E-state index contributed by atoms with van der Waals surface area (Å²) in [6.07, 6.45) is 0.234. The van der Waals surface area contributed by atoms with Gasteiger partial charge < -0.3 is 20.3 Å². The van der Waals surface area contributed by atoms with Crippen molar-refractivity contribution < 1.29 is 19.3 Å². The Balaban J connectivity index is 1.99. The Morgan fingerprint density at radius 3 is 2.86 bits per heavy atom. The maximum atomic E-state index is 14.6. The predicted molar refractivity (Wildman–Crippen MR) is 109 cm³/mol. The summed E-state index contributed by atoms with van der Waals surface area (Å²) < 4.78 is 21.6. The molecule has 11 heteroatoms. The minimum Gasteiger partial charge on any atom is -0.394 e. The number of nitrogens with one attached hydrogen (secondary N) is 1. The second kappa shape index (κ2) is 9.40. The Kier molecular flexibility index (Phi) is 7.15. The Morgan fingerprint density at radius 2 is 2.21 bits per heavy atom. The summed E-state index contributed by atoms with van der Waals surface area (Å²) in [5.74, 6) is 0.553. The van der Waals surface area contributed by atoms with Gasteiger partial charge in [-0.2, -0.15) is 11.8 Å². The number of ether oxygens (including phenoxy) is 1. The molecule has 0 radical (unpaired) electrons. The van der Waals surface area contributed by atoms with Crippen molar-refractivity contribution in [2.45, 2.75) is 43.6 Å². The van der Waals surface area contributed by atoms with Gasteiger partial charge in [0.2, 0.25) is 0 Å². The molecule has 1 fully saturated rings. The summed E-state index contributed by atoms with van der Waals surface area (Å²) in [5, 5.41) is 23.8. The van der Waals surface area contributed by atoms with Gasteiger partial charge in [0, 0.05) is 11.6 Å². The van der Waals surface area contributed by atoms with E-state index >= 15 is 0 Å². The lowest BCUT2D eigenvalue weighted by molar-refractivity contribution is -0.0459. The molecule has 2 aromatic heterocycles. The highest BCUT2D eigenvalue weighted by molar-refractivity contribution is 8.15. The van der Waals surface area contributed by atoms with Crippen molar-refractivity contribution >= 4 is 40.5 Å². The van der Waals surface area contributed by atoms with Crippen molar-refractivity contribution in [2.24, 2.45) is 0 Å². The molecule has 2 aromatic rings. The van der Waals surface area contributed by atoms with Crippen molar-refractivity contribution in [3.63, 3.8) is 0 Å². The molecule has 1 aliphatic rings. The fraction of sp³-hybridized carbons (Fsp3) is 0.588. The van der Waals surface area contributed by atoms with E-state index in [0.29, 0.717) is 28.7 Å². The van der Waals surface area contributed by atoms with E-state index in [1.807, 2.05) is 26.2 Å². The lowest BCUT2D eigenvalue weighted by Gasteiger charge is -2.15. The van der Waals surface area contributed by atoms with Crippen LogP contribution in [0.1, 0.15) is 20.1 Å². The van der Waals surface area contributed by atoms with Gasteiger partial charge in [-0.1, -0.05) is 23.4 Å². The van der Waals surface area contributed by atoms with Gasteiger partial charge in [0.05, 0.1) is 12.9 Å². The highest BCUT2D eigenvalue weighted by Crippen LogP contribution is 2.35. The zero-order valence-corrected chi connectivity index (χ0v) is 17.5. The van der Waals surface area contributed by atoms with Crippen LogP contribution >= 0.6 is 23.5 Å². The number of thioether (sulfide) groups is 2. The first-order valence-corrected chi connectivity index (χ1v) is 11.2. The van der Waals surface area contributed by atoms with Crippen LogP contribution in [0.25, 0.3) is 11.2 Å². The monoisotopic (exact) mass is 429 g/mol. The van der Waals surface area contributed by atoms with Gasteiger partial charge >= 0.3 is 0 Å². The van der Waals surface area contributed by atoms with Gasteiger partial charge in [0.1, 0.15) is 12.2 Å². The number of anilines is 1. The average molecular weight is 430 g/mol. The molecule has 154 valence electrons. The number of hydrogen-bond donors (Lipinski definition) is 3. The van der Waals surface area contributed by atoms with Crippen LogP contribution in [0.4, 0.5) is 10.2 Å². The lowest BCUT2D eigenvalue weighted by Crippen LogP contribution is -2.30. The van der Waals surface area contributed by atoms with E-state index in [4.69, 9.17) is 4.74 Å². The van der Waals surface area contributed by atoms with E-state index in [1.165, 1.54) is 28.2 Å². The fourth-order valence-electron chi connectivity index (χ4n) is 2.81. The molecule has 1 saturated heterocycles. The van der Waals surface area contributed by atoms with E-state index < -0.39 is 31.2 Å². The summed E-state index contributed by atoms with van der Waals surface area (Å²) in [5.41, 5.74) is 2.08. The molecule has 1 aliphatic heterocycles. The molecular weight excluding hydrogens is 405 g/mol. The maximum Gasteiger partial charge on any atom is 0.192 e. The molecule has 0 aliphatic carbocycles. The topological polar surface area (TPSA) is 105 Å². The summed E-state index contributed by atoms with van der Waals surface area (Å²) in [4.78, 5) is 13.4. The van der Waals surface area contributed by atoms with Crippen molar-refractivity contribution in [2.75, 3.05) is 29.8 Å². The minimum atomic E-state index is -1.70. The summed E-state index contributed by atoms with van der Waals surface area (Å²) in [7, 11) is 0. The number of halogens is 1. The number of aromatic nitrogens is 4. The fourth-order valence-corrected chi connectivity index (χ4v) is 4.01. The second-order valence-electron chi connectivity index (χ2n) is 6.57. The van der Waals surface area contributed by atoms with Crippen LogP contribution in [0, 0.1) is 0 Å². The molecule has 0 aromatic carbocycles. The third-order valence-electron chi connectivity index (χ3n) is 4.23. The standard InChI is InChI=1S/C17H24FN5O3S2/c1-9(2)4-5-19-14-12-15(22-17(21-14)28-8-27-3)23(7-20-12)16-11(18)13(25)10(6-24)26-16/h4,7,10-11,13,16,24-25H,5-6,8H2,1-3H3,(H,19,21,22)/t10-,11+,13?,16-/m1/s1. The first kappa shape index (κ1) is 21.3. The van der Waals surface area contributed by atoms with Gasteiger partial charge in [-0.25, -0.2) is 19.3 Å². The molecule has 0 amide bonds. The van der Waals surface area contributed by atoms with E-state index in [9.17, 15) is 14.6 Å². The zero-order valence-electron chi connectivity index (χ0n) is 15.9. The van der Waals surface area contributed by atoms with Crippen LogP contribution in [0.5, 0.6) is 0 Å². The van der Waals surface area contributed by atoms with Gasteiger partial charge in [0.15, 0.2) is 34.5 Å².